The molecular weight excluding hydrogens is 337 g/mol. The summed E-state index contributed by atoms with van der Waals surface area (Å²) in [5, 5.41) is 0. The van der Waals surface area contributed by atoms with E-state index in [-0.39, 0.29) is 16.4 Å². The van der Waals surface area contributed by atoms with Crippen LogP contribution in [0.3, 0.4) is 0 Å². The van der Waals surface area contributed by atoms with E-state index in [0.717, 1.165) is 0 Å². The number of hydrogen-bond donors (Lipinski definition) is 0. The quantitative estimate of drug-likeness (QED) is 0.513. The Morgan fingerprint density at radius 2 is 1.95 bits per heavy atom. The van der Waals surface area contributed by atoms with Crippen molar-refractivity contribution in [1.82, 2.24) is 4.98 Å². The Bertz CT molecular complexity index is 809. The molecule has 0 bridgehead atoms. The third kappa shape index (κ3) is 2.74. The van der Waals surface area contributed by atoms with E-state index < -0.39 is 0 Å². The number of alkyl halides is 1. The third-order valence-electron chi connectivity index (χ3n) is 3.12. The topological polar surface area (TPSA) is 43.1 Å². The third-order valence-corrected chi connectivity index (χ3v) is 3.54. The van der Waals surface area contributed by atoms with Crippen molar-refractivity contribution in [2.45, 2.75) is 11.8 Å². The number of carbonyl (C=O) groups excluding carboxylic acids is 1. The van der Waals surface area contributed by atoms with Crippen LogP contribution in [0.1, 0.15) is 17.3 Å². The molecule has 0 aliphatic heterocycles. The number of benzene rings is 2. The predicted molar refractivity (Wildman–Crippen MR) is 82.1 cm³/mol. The summed E-state index contributed by atoms with van der Waals surface area (Å²) in [4.78, 5) is 16.1. The fraction of sp³-hybridized carbons (Fsp3) is 0.125. The number of Topliss-reactive ketones (excluding diaryl/α,β-unsaturated/α-hetero) is 1. The number of fused-ring (bicyclic) bond motifs is 1. The van der Waals surface area contributed by atoms with Crippen LogP contribution in [0.2, 0.25) is 0 Å². The fourth-order valence-electron chi connectivity index (χ4n) is 2.03. The molecule has 0 N–H and O–H groups in total. The van der Waals surface area contributed by atoms with Crippen LogP contribution in [0, 0.1) is 5.82 Å². The largest absolute Gasteiger partial charge is 0.436 e. The zero-order chi connectivity index (χ0) is 15.0. The van der Waals surface area contributed by atoms with Crippen molar-refractivity contribution in [3.8, 4) is 11.5 Å². The van der Waals surface area contributed by atoms with Gasteiger partial charge in [-0.3, -0.25) is 4.79 Å². The number of halogens is 2. The van der Waals surface area contributed by atoms with Crippen LogP contribution in [-0.4, -0.2) is 15.6 Å². The maximum Gasteiger partial charge on any atom is 0.227 e. The van der Waals surface area contributed by atoms with E-state index in [0.29, 0.717) is 28.1 Å². The highest BCUT2D eigenvalue weighted by Gasteiger charge is 2.15. The van der Waals surface area contributed by atoms with Crippen molar-refractivity contribution < 1.29 is 13.6 Å². The number of rotatable bonds is 3. The number of carbonyl (C=O) groups is 1. The summed E-state index contributed by atoms with van der Waals surface area (Å²) in [6.07, 6.45) is 0. The van der Waals surface area contributed by atoms with Gasteiger partial charge in [0.25, 0.3) is 0 Å². The second-order valence-electron chi connectivity index (χ2n) is 4.69. The van der Waals surface area contributed by atoms with Gasteiger partial charge < -0.3 is 4.42 Å². The van der Waals surface area contributed by atoms with E-state index in [4.69, 9.17) is 4.42 Å². The monoisotopic (exact) mass is 347 g/mol. The van der Waals surface area contributed by atoms with Gasteiger partial charge in [-0.05, 0) is 49.4 Å². The molecule has 3 aromatic rings. The Balaban J connectivity index is 2.04. The zero-order valence-corrected chi connectivity index (χ0v) is 12.7. The van der Waals surface area contributed by atoms with Crippen LogP contribution in [0.5, 0.6) is 0 Å². The molecule has 5 heteroatoms. The molecule has 0 aliphatic rings. The minimum atomic E-state index is -0.311. The first kappa shape index (κ1) is 13.9. The van der Waals surface area contributed by atoms with Crippen LogP contribution in [0.15, 0.2) is 46.9 Å². The maximum atomic E-state index is 12.9. The number of nitrogens with zero attached hydrogens (tertiary/aromatic N) is 1. The first-order valence-electron chi connectivity index (χ1n) is 6.39. The second kappa shape index (κ2) is 5.41. The van der Waals surface area contributed by atoms with Gasteiger partial charge in [-0.15, -0.1) is 0 Å². The van der Waals surface area contributed by atoms with Gasteiger partial charge in [0.15, 0.2) is 11.4 Å². The van der Waals surface area contributed by atoms with Crippen LogP contribution < -0.4 is 0 Å². The number of ketones is 1. The Labute approximate surface area is 128 Å². The molecule has 0 aliphatic carbocycles. The van der Waals surface area contributed by atoms with Gasteiger partial charge in [0.05, 0.1) is 4.83 Å². The smallest absolute Gasteiger partial charge is 0.227 e. The minimum Gasteiger partial charge on any atom is -0.436 e. The first-order chi connectivity index (χ1) is 10.0. The molecule has 0 saturated heterocycles. The van der Waals surface area contributed by atoms with E-state index in [1.165, 1.54) is 12.1 Å². The van der Waals surface area contributed by atoms with Crippen LogP contribution in [0.4, 0.5) is 4.39 Å². The summed E-state index contributed by atoms with van der Waals surface area (Å²) in [5.74, 6) is 0.0822. The molecule has 3 rings (SSSR count). The molecule has 1 aromatic heterocycles. The number of aromatic nitrogens is 1. The van der Waals surface area contributed by atoms with Gasteiger partial charge in [0.1, 0.15) is 11.3 Å². The zero-order valence-electron chi connectivity index (χ0n) is 11.1. The van der Waals surface area contributed by atoms with E-state index in [1.807, 2.05) is 0 Å². The lowest BCUT2D eigenvalue weighted by molar-refractivity contribution is 0.0996. The summed E-state index contributed by atoms with van der Waals surface area (Å²) in [7, 11) is 0. The van der Waals surface area contributed by atoms with Crippen LogP contribution in [-0.2, 0) is 0 Å². The SMILES string of the molecule is CC(Br)C(=O)c1ccc2oc(-c3ccc(F)cc3)nc2c1. The molecule has 0 fully saturated rings. The van der Waals surface area contributed by atoms with Crippen LogP contribution in [0.25, 0.3) is 22.6 Å². The molecule has 21 heavy (non-hydrogen) atoms. The van der Waals surface area contributed by atoms with E-state index >= 15 is 0 Å². The van der Waals surface area contributed by atoms with Crippen molar-refractivity contribution >= 4 is 32.8 Å². The Kier molecular flexibility index (Phi) is 3.59. The van der Waals surface area contributed by atoms with Crippen LogP contribution >= 0.6 is 15.9 Å². The summed E-state index contributed by atoms with van der Waals surface area (Å²) in [6.45, 7) is 1.78. The molecule has 106 valence electrons. The number of oxazole rings is 1. The average Bonchev–Trinajstić information content (AvgIpc) is 2.89. The van der Waals surface area contributed by atoms with Gasteiger partial charge in [-0.2, -0.15) is 0 Å². The van der Waals surface area contributed by atoms with Gasteiger partial charge >= 0.3 is 0 Å². The Morgan fingerprint density at radius 3 is 2.62 bits per heavy atom. The molecule has 1 heterocycles. The standard InChI is InChI=1S/C16H11BrFNO2/c1-9(17)15(20)11-4-7-14-13(8-11)19-16(21-14)10-2-5-12(18)6-3-10/h2-9H,1H3. The van der Waals surface area contributed by atoms with Crippen molar-refractivity contribution in [3.05, 3.63) is 53.8 Å². The molecule has 0 spiro atoms. The molecule has 3 nitrogen and oxygen atoms in total. The lowest BCUT2D eigenvalue weighted by atomic mass is 10.1. The molecule has 1 atom stereocenters. The molecular formula is C16H11BrFNO2. The van der Waals surface area contributed by atoms with Gasteiger partial charge in [0.2, 0.25) is 5.89 Å². The van der Waals surface area contributed by atoms with E-state index in [1.54, 1.807) is 37.3 Å². The highest BCUT2D eigenvalue weighted by molar-refractivity contribution is 9.10. The lowest BCUT2D eigenvalue weighted by Gasteiger charge is -2.01. The predicted octanol–water partition coefficient (Wildman–Crippen LogP) is 4.60. The summed E-state index contributed by atoms with van der Waals surface area (Å²) in [5.41, 5.74) is 2.46. The highest BCUT2D eigenvalue weighted by Crippen LogP contribution is 2.25. The van der Waals surface area contributed by atoms with Gasteiger partial charge in [-0.25, -0.2) is 9.37 Å². The summed E-state index contributed by atoms with van der Waals surface area (Å²) < 4.78 is 18.6. The molecule has 1 unspecified atom stereocenters. The van der Waals surface area contributed by atoms with Crippen molar-refractivity contribution in [2.24, 2.45) is 0 Å². The van der Waals surface area contributed by atoms with Gasteiger partial charge in [-0.1, -0.05) is 15.9 Å². The minimum absolute atomic E-state index is 0.0109. The fourth-order valence-corrected chi connectivity index (χ4v) is 2.29. The molecule has 0 amide bonds. The Morgan fingerprint density at radius 1 is 1.24 bits per heavy atom. The van der Waals surface area contributed by atoms with Gasteiger partial charge in [0, 0.05) is 11.1 Å². The van der Waals surface area contributed by atoms with Crippen molar-refractivity contribution in [3.63, 3.8) is 0 Å². The van der Waals surface area contributed by atoms with Crippen molar-refractivity contribution in [2.75, 3.05) is 0 Å². The summed E-state index contributed by atoms with van der Waals surface area (Å²) >= 11 is 3.26. The maximum absolute atomic E-state index is 12.9. The highest BCUT2D eigenvalue weighted by atomic mass is 79.9. The molecule has 0 radical (unpaired) electrons. The molecule has 2 aromatic carbocycles. The van der Waals surface area contributed by atoms with E-state index in [2.05, 4.69) is 20.9 Å². The Hall–Kier alpha value is -2.01. The van der Waals surface area contributed by atoms with E-state index in [9.17, 15) is 9.18 Å². The number of hydrogen-bond acceptors (Lipinski definition) is 3. The first-order valence-corrected chi connectivity index (χ1v) is 7.31. The summed E-state index contributed by atoms with van der Waals surface area (Å²) in [6, 6.07) is 11.0. The van der Waals surface area contributed by atoms with Crippen molar-refractivity contribution in [1.29, 1.82) is 0 Å². The second-order valence-corrected chi connectivity index (χ2v) is 6.06. The molecule has 0 saturated carbocycles. The lowest BCUT2D eigenvalue weighted by Crippen LogP contribution is -2.09. The average molecular weight is 348 g/mol. The normalized spacial score (nSPS) is 12.5.